The van der Waals surface area contributed by atoms with Gasteiger partial charge in [-0.05, 0) is 31.1 Å². The highest BCUT2D eigenvalue weighted by atomic mass is 32.1. The minimum atomic E-state index is 0.0399. The Morgan fingerprint density at radius 3 is 2.66 bits per heavy atom. The van der Waals surface area contributed by atoms with Crippen LogP contribution in [0.15, 0.2) is 42.6 Å². The molecule has 5 heterocycles. The first-order valence-electron chi connectivity index (χ1n) is 14.2. The number of H-pyrrole nitrogens is 1. The van der Waals surface area contributed by atoms with Gasteiger partial charge in [0.2, 0.25) is 5.91 Å². The average molecular weight is 574 g/mol. The van der Waals surface area contributed by atoms with Crippen LogP contribution in [0.25, 0.3) is 32.5 Å². The van der Waals surface area contributed by atoms with Gasteiger partial charge in [0.25, 0.3) is 0 Å². The van der Waals surface area contributed by atoms with E-state index < -0.39 is 0 Å². The maximum absolute atomic E-state index is 12.7. The van der Waals surface area contributed by atoms with Crippen LogP contribution >= 0.6 is 11.3 Å². The van der Waals surface area contributed by atoms with Crippen LogP contribution in [-0.4, -0.2) is 94.1 Å². The second-order valence-electron chi connectivity index (χ2n) is 10.7. The van der Waals surface area contributed by atoms with Gasteiger partial charge in [0, 0.05) is 74.5 Å². The molecule has 214 valence electrons. The molecule has 11 heteroatoms. The smallest absolute Gasteiger partial charge is 0.222 e. The van der Waals surface area contributed by atoms with Crippen molar-refractivity contribution in [2.75, 3.05) is 57.4 Å². The number of amides is 1. The number of ether oxygens (including phenoxy) is 1. The van der Waals surface area contributed by atoms with Crippen LogP contribution in [0.4, 0.5) is 5.82 Å². The molecule has 0 bridgehead atoms. The van der Waals surface area contributed by atoms with E-state index in [1.807, 2.05) is 23.2 Å². The lowest BCUT2D eigenvalue weighted by molar-refractivity contribution is -0.133. The van der Waals surface area contributed by atoms with E-state index in [0.717, 1.165) is 65.2 Å². The first kappa shape index (κ1) is 27.5. The normalized spacial score (nSPS) is 16.5. The Kier molecular flexibility index (Phi) is 8.09. The topological polar surface area (TPSA) is 108 Å². The van der Waals surface area contributed by atoms with Crippen LogP contribution in [0, 0.1) is 0 Å². The molecule has 6 rings (SSSR count). The number of hydrogen-bond acceptors (Lipinski definition) is 9. The van der Waals surface area contributed by atoms with Gasteiger partial charge < -0.3 is 14.5 Å². The van der Waals surface area contributed by atoms with Crippen LogP contribution in [0.1, 0.15) is 31.1 Å². The minimum Gasteiger partial charge on any atom is -0.378 e. The molecule has 0 spiro atoms. The number of allylic oxidation sites excluding steroid dienone is 1. The molecule has 2 fully saturated rings. The van der Waals surface area contributed by atoms with Gasteiger partial charge >= 0.3 is 0 Å². The van der Waals surface area contributed by atoms with Gasteiger partial charge in [0.05, 0.1) is 35.1 Å². The molecule has 2 aliphatic heterocycles. The number of rotatable bonds is 9. The number of hydrogen-bond donors (Lipinski definition) is 1. The largest absolute Gasteiger partial charge is 0.378 e. The van der Waals surface area contributed by atoms with E-state index in [9.17, 15) is 9.59 Å². The number of morpholine rings is 1. The molecule has 4 aromatic rings. The minimum absolute atomic E-state index is 0.0399. The number of carbonyl (C=O) groups excluding carboxylic acids is 2. The zero-order valence-corrected chi connectivity index (χ0v) is 24.2. The van der Waals surface area contributed by atoms with Gasteiger partial charge in [-0.3, -0.25) is 19.6 Å². The van der Waals surface area contributed by atoms with Crippen molar-refractivity contribution in [3.63, 3.8) is 0 Å². The number of anilines is 1. The van der Waals surface area contributed by atoms with E-state index >= 15 is 0 Å². The number of benzene rings is 1. The first-order valence-corrected chi connectivity index (χ1v) is 15.0. The predicted molar refractivity (Wildman–Crippen MR) is 161 cm³/mol. The number of thiophene rings is 1. The van der Waals surface area contributed by atoms with Crippen molar-refractivity contribution in [2.24, 2.45) is 0 Å². The summed E-state index contributed by atoms with van der Waals surface area (Å²) in [4.78, 5) is 42.4. The number of aromatic amines is 1. The van der Waals surface area contributed by atoms with Gasteiger partial charge in [0.1, 0.15) is 0 Å². The zero-order chi connectivity index (χ0) is 28.3. The number of ketones is 1. The van der Waals surface area contributed by atoms with Crippen molar-refractivity contribution in [3.8, 4) is 11.4 Å². The first-order chi connectivity index (χ1) is 20.0. The predicted octanol–water partition coefficient (Wildman–Crippen LogP) is 4.03. The van der Waals surface area contributed by atoms with E-state index in [1.54, 1.807) is 18.3 Å². The van der Waals surface area contributed by atoms with E-state index in [0.29, 0.717) is 57.0 Å². The fourth-order valence-corrected chi connectivity index (χ4v) is 6.62. The number of nitrogens with one attached hydrogen (secondary N) is 1. The third kappa shape index (κ3) is 6.02. The Bertz CT molecular complexity index is 1580. The van der Waals surface area contributed by atoms with Crippen molar-refractivity contribution < 1.29 is 14.3 Å². The van der Waals surface area contributed by atoms with E-state index in [2.05, 4.69) is 38.7 Å². The molecule has 1 N–H and O–H groups in total. The molecule has 1 aromatic carbocycles. The Hall–Kier alpha value is -3.67. The molecule has 0 atom stereocenters. The fraction of sp³-hybridized carbons (Fsp3) is 0.433. The van der Waals surface area contributed by atoms with Crippen LogP contribution < -0.4 is 4.90 Å². The lowest BCUT2D eigenvalue weighted by Crippen LogP contribution is -2.48. The summed E-state index contributed by atoms with van der Waals surface area (Å²) >= 11 is 1.76. The summed E-state index contributed by atoms with van der Waals surface area (Å²) < 4.78 is 6.72. The third-order valence-corrected chi connectivity index (χ3v) is 8.92. The molecule has 10 nitrogen and oxygen atoms in total. The SMILES string of the molecule is C=C(C)C(=O)CCCC(=O)N1CCN(Cc2cc3nc(-c4cccc5[nH]ncc45)nc(N4CCOCC4)c3s2)CC1. The summed E-state index contributed by atoms with van der Waals surface area (Å²) in [6.07, 6.45) is 3.21. The zero-order valence-electron chi connectivity index (χ0n) is 23.4. The summed E-state index contributed by atoms with van der Waals surface area (Å²) in [5.41, 5.74) is 3.44. The van der Waals surface area contributed by atoms with Crippen molar-refractivity contribution in [2.45, 2.75) is 32.7 Å². The number of fused-ring (bicyclic) bond motifs is 2. The standard InChI is InChI=1S/C30H35N7O3S/c1-20(2)26(38)7-4-8-27(39)36-11-9-35(10-12-36)19-21-17-25-28(41-21)30(37-13-15-40-16-14-37)33-29(32-25)22-5-3-6-24-23(22)18-31-34-24/h3,5-6,17-18H,1,4,7-16,19H2,2H3,(H,31,34). The Labute approximate surface area is 243 Å². The van der Waals surface area contributed by atoms with Gasteiger partial charge in [0.15, 0.2) is 17.4 Å². The van der Waals surface area contributed by atoms with Crippen LogP contribution in [0.2, 0.25) is 0 Å². The Morgan fingerprint density at radius 1 is 1.07 bits per heavy atom. The molecule has 0 aliphatic carbocycles. The van der Waals surface area contributed by atoms with E-state index in [4.69, 9.17) is 14.7 Å². The molecule has 41 heavy (non-hydrogen) atoms. The highest BCUT2D eigenvalue weighted by Crippen LogP contribution is 2.36. The number of Topliss-reactive ketones (excluding diaryl/α,β-unsaturated/α-hetero) is 1. The third-order valence-electron chi connectivity index (χ3n) is 7.82. The number of carbonyl (C=O) groups is 2. The van der Waals surface area contributed by atoms with Crippen molar-refractivity contribution in [1.29, 1.82) is 0 Å². The fourth-order valence-electron chi connectivity index (χ4n) is 5.46. The monoisotopic (exact) mass is 573 g/mol. The van der Waals surface area contributed by atoms with E-state index in [1.165, 1.54) is 4.88 Å². The van der Waals surface area contributed by atoms with E-state index in [-0.39, 0.29) is 11.7 Å². The van der Waals surface area contributed by atoms with Crippen LogP contribution in [0.5, 0.6) is 0 Å². The number of aromatic nitrogens is 4. The number of piperazine rings is 1. The summed E-state index contributed by atoms with van der Waals surface area (Å²) in [5.74, 6) is 1.84. The Balaban J connectivity index is 1.17. The quantitative estimate of drug-likeness (QED) is 0.299. The molecular weight excluding hydrogens is 538 g/mol. The molecule has 2 saturated heterocycles. The van der Waals surface area contributed by atoms with Gasteiger partial charge in [-0.25, -0.2) is 9.97 Å². The maximum atomic E-state index is 12.7. The van der Waals surface area contributed by atoms with Gasteiger partial charge in [-0.2, -0.15) is 5.10 Å². The van der Waals surface area contributed by atoms with Crippen LogP contribution in [-0.2, 0) is 20.9 Å². The Morgan fingerprint density at radius 2 is 1.88 bits per heavy atom. The molecule has 3 aromatic heterocycles. The van der Waals surface area contributed by atoms with Gasteiger partial charge in [-0.15, -0.1) is 11.3 Å². The molecule has 1 amide bonds. The average Bonchev–Trinajstić information content (AvgIpc) is 3.64. The molecule has 2 aliphatic rings. The van der Waals surface area contributed by atoms with Gasteiger partial charge in [-0.1, -0.05) is 18.7 Å². The highest BCUT2D eigenvalue weighted by Gasteiger charge is 2.24. The van der Waals surface area contributed by atoms with Crippen molar-refractivity contribution in [1.82, 2.24) is 30.0 Å². The highest BCUT2D eigenvalue weighted by molar-refractivity contribution is 7.19. The molecular formula is C30H35N7O3S. The summed E-state index contributed by atoms with van der Waals surface area (Å²) in [6.45, 7) is 12.2. The summed E-state index contributed by atoms with van der Waals surface area (Å²) in [5, 5.41) is 8.27. The number of nitrogens with zero attached hydrogens (tertiary/aromatic N) is 6. The maximum Gasteiger partial charge on any atom is 0.222 e. The molecule has 0 saturated carbocycles. The van der Waals surface area contributed by atoms with Crippen molar-refractivity contribution >= 4 is 50.0 Å². The second kappa shape index (κ2) is 12.1. The summed E-state index contributed by atoms with van der Waals surface area (Å²) in [7, 11) is 0. The lowest BCUT2D eigenvalue weighted by atomic mass is 10.1. The molecule has 0 unspecified atom stereocenters. The van der Waals surface area contributed by atoms with Crippen LogP contribution in [0.3, 0.4) is 0 Å². The summed E-state index contributed by atoms with van der Waals surface area (Å²) in [6, 6.07) is 8.26. The van der Waals surface area contributed by atoms with Crippen molar-refractivity contribution in [3.05, 3.63) is 47.5 Å². The molecule has 0 radical (unpaired) electrons. The lowest BCUT2D eigenvalue weighted by Gasteiger charge is -2.34. The second-order valence-corrected chi connectivity index (χ2v) is 11.9.